The maximum Gasteiger partial charge on any atom is 0.229 e. The quantitative estimate of drug-likeness (QED) is 0.821. The average Bonchev–Trinajstić information content (AvgIpc) is 2.87. The van der Waals surface area contributed by atoms with Crippen LogP contribution in [-0.2, 0) is 6.42 Å². The summed E-state index contributed by atoms with van der Waals surface area (Å²) in [4.78, 5) is 4.41. The van der Waals surface area contributed by atoms with Crippen LogP contribution in [0.4, 0.5) is 0 Å². The molecule has 0 amide bonds. The van der Waals surface area contributed by atoms with Crippen molar-refractivity contribution in [2.24, 2.45) is 0 Å². The fourth-order valence-electron chi connectivity index (χ4n) is 1.92. The largest absolute Gasteiger partial charge is 0.339 e. The maximum absolute atomic E-state index is 8.58. The summed E-state index contributed by atoms with van der Waals surface area (Å²) < 4.78 is 5.27. The first-order valence-corrected chi connectivity index (χ1v) is 6.44. The molecule has 1 aromatic carbocycles. The summed E-state index contributed by atoms with van der Waals surface area (Å²) in [5, 5.41) is 12.6. The molecule has 1 aromatic heterocycles. The molecule has 4 heteroatoms. The molecule has 2 rings (SSSR count). The summed E-state index contributed by atoms with van der Waals surface area (Å²) >= 11 is 0. The van der Waals surface area contributed by atoms with Crippen LogP contribution in [0.25, 0.3) is 0 Å². The monoisotopic (exact) mass is 255 g/mol. The number of nitriles is 1. The number of hydrogen-bond donors (Lipinski definition) is 0. The van der Waals surface area contributed by atoms with E-state index in [2.05, 4.69) is 35.3 Å². The van der Waals surface area contributed by atoms with E-state index < -0.39 is 0 Å². The minimum absolute atomic E-state index is 0.137. The second-order valence-electron chi connectivity index (χ2n) is 4.75. The third-order valence-corrected chi connectivity index (χ3v) is 3.20. The van der Waals surface area contributed by atoms with Gasteiger partial charge in [-0.05, 0) is 24.5 Å². The van der Waals surface area contributed by atoms with E-state index in [-0.39, 0.29) is 5.92 Å². The standard InChI is InChI=1S/C15H17N3O/c1-11-6-3-4-8-13(11)10-14-17-15(19-18-14)12(2)7-5-9-16/h3-4,6,8,12H,5,7,10H2,1-2H3. The SMILES string of the molecule is Cc1ccccc1Cc1noc(C(C)CCC#N)n1. The molecular formula is C15H17N3O. The Morgan fingerprint density at radius 2 is 2.16 bits per heavy atom. The van der Waals surface area contributed by atoms with Crippen LogP contribution in [-0.4, -0.2) is 10.1 Å². The number of aromatic nitrogens is 2. The van der Waals surface area contributed by atoms with Gasteiger partial charge in [-0.15, -0.1) is 0 Å². The molecule has 0 spiro atoms. The van der Waals surface area contributed by atoms with E-state index in [4.69, 9.17) is 9.78 Å². The van der Waals surface area contributed by atoms with Crippen molar-refractivity contribution in [3.63, 3.8) is 0 Å². The molecule has 19 heavy (non-hydrogen) atoms. The van der Waals surface area contributed by atoms with Gasteiger partial charge in [-0.25, -0.2) is 0 Å². The molecule has 1 heterocycles. The number of nitrogens with zero attached hydrogens (tertiary/aromatic N) is 3. The van der Waals surface area contributed by atoms with Gasteiger partial charge in [-0.3, -0.25) is 0 Å². The Hall–Kier alpha value is -2.15. The van der Waals surface area contributed by atoms with Gasteiger partial charge < -0.3 is 4.52 Å². The van der Waals surface area contributed by atoms with E-state index >= 15 is 0 Å². The van der Waals surface area contributed by atoms with Crippen molar-refractivity contribution < 1.29 is 4.52 Å². The van der Waals surface area contributed by atoms with Crippen molar-refractivity contribution >= 4 is 0 Å². The number of aryl methyl sites for hydroxylation is 1. The van der Waals surface area contributed by atoms with Crippen LogP contribution < -0.4 is 0 Å². The summed E-state index contributed by atoms with van der Waals surface area (Å²) in [6, 6.07) is 10.3. The number of benzene rings is 1. The van der Waals surface area contributed by atoms with E-state index in [0.717, 1.165) is 6.42 Å². The Kier molecular flexibility index (Phi) is 4.30. The molecule has 0 aliphatic heterocycles. The highest BCUT2D eigenvalue weighted by atomic mass is 16.5. The van der Waals surface area contributed by atoms with Gasteiger partial charge in [-0.2, -0.15) is 10.2 Å². The molecule has 98 valence electrons. The van der Waals surface area contributed by atoms with Crippen molar-refractivity contribution in [3.05, 3.63) is 47.1 Å². The lowest BCUT2D eigenvalue weighted by Gasteiger charge is -2.02. The summed E-state index contributed by atoms with van der Waals surface area (Å²) in [5.74, 6) is 1.46. The Bertz CT molecular complexity index is 583. The molecule has 0 bridgehead atoms. The van der Waals surface area contributed by atoms with Gasteiger partial charge in [0, 0.05) is 18.8 Å². The number of rotatable bonds is 5. The summed E-state index contributed by atoms with van der Waals surface area (Å²) in [6.07, 6.45) is 1.94. The number of hydrogen-bond acceptors (Lipinski definition) is 4. The second-order valence-corrected chi connectivity index (χ2v) is 4.75. The van der Waals surface area contributed by atoms with Gasteiger partial charge in [0.05, 0.1) is 6.07 Å². The highest BCUT2D eigenvalue weighted by Gasteiger charge is 2.14. The average molecular weight is 255 g/mol. The lowest BCUT2D eigenvalue weighted by Crippen LogP contribution is -1.96. The van der Waals surface area contributed by atoms with Crippen molar-refractivity contribution in [1.29, 1.82) is 5.26 Å². The van der Waals surface area contributed by atoms with Gasteiger partial charge in [0.25, 0.3) is 0 Å². The summed E-state index contributed by atoms with van der Waals surface area (Å²) in [5.41, 5.74) is 2.44. The Morgan fingerprint density at radius 3 is 2.89 bits per heavy atom. The van der Waals surface area contributed by atoms with E-state index in [1.165, 1.54) is 11.1 Å². The van der Waals surface area contributed by atoms with Crippen LogP contribution in [0.1, 0.15) is 48.5 Å². The van der Waals surface area contributed by atoms with E-state index in [9.17, 15) is 0 Å². The first kappa shape index (κ1) is 13.3. The predicted octanol–water partition coefficient (Wildman–Crippen LogP) is 3.38. The smallest absolute Gasteiger partial charge is 0.229 e. The molecule has 0 saturated carbocycles. The Balaban J connectivity index is 2.06. The van der Waals surface area contributed by atoms with Crippen LogP contribution in [0.2, 0.25) is 0 Å². The first-order valence-electron chi connectivity index (χ1n) is 6.44. The van der Waals surface area contributed by atoms with Crippen molar-refractivity contribution in [3.8, 4) is 6.07 Å². The highest BCUT2D eigenvalue weighted by Crippen LogP contribution is 2.19. The van der Waals surface area contributed by atoms with Crippen LogP contribution in [0.3, 0.4) is 0 Å². The van der Waals surface area contributed by atoms with Gasteiger partial charge >= 0.3 is 0 Å². The molecule has 0 aliphatic carbocycles. The molecule has 0 fully saturated rings. The van der Waals surface area contributed by atoms with Gasteiger partial charge in [0.15, 0.2) is 5.82 Å². The zero-order valence-electron chi connectivity index (χ0n) is 11.3. The van der Waals surface area contributed by atoms with Crippen molar-refractivity contribution in [2.45, 2.75) is 39.0 Å². The van der Waals surface area contributed by atoms with Gasteiger partial charge in [0.2, 0.25) is 5.89 Å². The van der Waals surface area contributed by atoms with Crippen LogP contribution in [0, 0.1) is 18.3 Å². The van der Waals surface area contributed by atoms with Crippen molar-refractivity contribution in [2.75, 3.05) is 0 Å². The lowest BCUT2D eigenvalue weighted by molar-refractivity contribution is 0.351. The molecule has 0 aliphatic rings. The molecule has 1 unspecified atom stereocenters. The first-order chi connectivity index (χ1) is 9.20. The summed E-state index contributed by atoms with van der Waals surface area (Å²) in [6.45, 7) is 4.08. The zero-order chi connectivity index (χ0) is 13.7. The summed E-state index contributed by atoms with van der Waals surface area (Å²) in [7, 11) is 0. The van der Waals surface area contributed by atoms with Crippen LogP contribution in [0.5, 0.6) is 0 Å². The molecule has 0 saturated heterocycles. The fourth-order valence-corrected chi connectivity index (χ4v) is 1.92. The highest BCUT2D eigenvalue weighted by molar-refractivity contribution is 5.28. The molecule has 1 atom stereocenters. The Morgan fingerprint density at radius 1 is 1.37 bits per heavy atom. The minimum atomic E-state index is 0.137. The normalized spacial score (nSPS) is 12.1. The minimum Gasteiger partial charge on any atom is -0.339 e. The van der Waals surface area contributed by atoms with Gasteiger partial charge in [-0.1, -0.05) is 36.3 Å². The fraction of sp³-hybridized carbons (Fsp3) is 0.400. The molecule has 2 aromatic rings. The maximum atomic E-state index is 8.58. The Labute approximate surface area is 113 Å². The van der Waals surface area contributed by atoms with Gasteiger partial charge in [0.1, 0.15) is 0 Å². The zero-order valence-corrected chi connectivity index (χ0v) is 11.3. The molecule has 0 N–H and O–H groups in total. The van der Waals surface area contributed by atoms with E-state index in [1.54, 1.807) is 0 Å². The third-order valence-electron chi connectivity index (χ3n) is 3.20. The molecule has 0 radical (unpaired) electrons. The van der Waals surface area contributed by atoms with Crippen molar-refractivity contribution in [1.82, 2.24) is 10.1 Å². The van der Waals surface area contributed by atoms with Crippen LogP contribution >= 0.6 is 0 Å². The van der Waals surface area contributed by atoms with E-state index in [0.29, 0.717) is 24.6 Å². The lowest BCUT2D eigenvalue weighted by atomic mass is 10.1. The second kappa shape index (κ2) is 6.14. The topological polar surface area (TPSA) is 62.7 Å². The molecular weight excluding hydrogens is 238 g/mol. The van der Waals surface area contributed by atoms with Crippen LogP contribution in [0.15, 0.2) is 28.8 Å². The third kappa shape index (κ3) is 3.41. The van der Waals surface area contributed by atoms with E-state index in [1.807, 2.05) is 19.1 Å². The molecule has 4 nitrogen and oxygen atoms in total. The predicted molar refractivity (Wildman–Crippen MR) is 71.5 cm³/mol.